The topological polar surface area (TPSA) is 80.9 Å². The average molecular weight is 248 g/mol. The monoisotopic (exact) mass is 248 g/mol. The third kappa shape index (κ3) is 3.25. The van der Waals surface area contributed by atoms with Crippen LogP contribution in [0.25, 0.3) is 0 Å². The highest BCUT2D eigenvalue weighted by molar-refractivity contribution is 7.15. The molecule has 6 heteroatoms. The molecular formula is C11H12N4OS. The van der Waals surface area contributed by atoms with Gasteiger partial charge in [0, 0.05) is 5.69 Å². The fraction of sp³-hybridized carbons (Fsp3) is 0.182. The summed E-state index contributed by atoms with van der Waals surface area (Å²) in [4.78, 5) is 11.7. The highest BCUT2D eigenvalue weighted by Gasteiger charge is 2.07. The lowest BCUT2D eigenvalue weighted by atomic mass is 10.1. The molecule has 5 nitrogen and oxygen atoms in total. The fourth-order valence-corrected chi connectivity index (χ4v) is 1.94. The van der Waals surface area contributed by atoms with Crippen LogP contribution in [0.5, 0.6) is 0 Å². The predicted molar refractivity (Wildman–Crippen MR) is 67.8 cm³/mol. The Hall–Kier alpha value is -1.95. The van der Waals surface area contributed by atoms with Crippen molar-refractivity contribution in [2.75, 3.05) is 11.1 Å². The molecule has 0 aliphatic rings. The van der Waals surface area contributed by atoms with Gasteiger partial charge in [-0.15, -0.1) is 10.2 Å². The Labute approximate surface area is 103 Å². The van der Waals surface area contributed by atoms with Gasteiger partial charge in [0.1, 0.15) is 5.01 Å². The summed E-state index contributed by atoms with van der Waals surface area (Å²) < 4.78 is 0. The SMILES string of the molecule is Cc1nnc(NC(=O)Cc2ccc(N)cc2)s1. The Bertz CT molecular complexity index is 521. The Kier molecular flexibility index (Phi) is 3.34. The molecule has 0 spiro atoms. The molecule has 0 aliphatic heterocycles. The summed E-state index contributed by atoms with van der Waals surface area (Å²) in [6, 6.07) is 7.22. The van der Waals surface area contributed by atoms with E-state index in [0.29, 0.717) is 17.2 Å². The Morgan fingerprint density at radius 3 is 2.65 bits per heavy atom. The second-order valence-electron chi connectivity index (χ2n) is 3.59. The number of hydrogen-bond acceptors (Lipinski definition) is 5. The summed E-state index contributed by atoms with van der Waals surface area (Å²) in [7, 11) is 0. The highest BCUT2D eigenvalue weighted by atomic mass is 32.1. The van der Waals surface area contributed by atoms with Gasteiger partial charge < -0.3 is 11.1 Å². The van der Waals surface area contributed by atoms with Crippen LogP contribution in [0.3, 0.4) is 0 Å². The van der Waals surface area contributed by atoms with E-state index in [9.17, 15) is 4.79 Å². The van der Waals surface area contributed by atoms with Crippen molar-refractivity contribution < 1.29 is 4.79 Å². The van der Waals surface area contributed by atoms with Crippen LogP contribution in [0.2, 0.25) is 0 Å². The number of nitrogens with zero attached hydrogens (tertiary/aromatic N) is 2. The summed E-state index contributed by atoms with van der Waals surface area (Å²) in [5.74, 6) is -0.106. The lowest BCUT2D eigenvalue weighted by Gasteiger charge is -2.01. The molecule has 3 N–H and O–H groups in total. The van der Waals surface area contributed by atoms with Gasteiger partial charge in [0.25, 0.3) is 0 Å². The molecule has 1 heterocycles. The van der Waals surface area contributed by atoms with Gasteiger partial charge in [0.15, 0.2) is 0 Å². The van der Waals surface area contributed by atoms with Gasteiger partial charge in [0.05, 0.1) is 6.42 Å². The zero-order chi connectivity index (χ0) is 12.3. The molecule has 0 aliphatic carbocycles. The first kappa shape index (κ1) is 11.5. The van der Waals surface area contributed by atoms with Gasteiger partial charge >= 0.3 is 0 Å². The van der Waals surface area contributed by atoms with E-state index in [1.807, 2.05) is 19.1 Å². The maximum absolute atomic E-state index is 11.7. The number of benzene rings is 1. The van der Waals surface area contributed by atoms with Gasteiger partial charge in [-0.1, -0.05) is 23.5 Å². The third-order valence-corrected chi connectivity index (χ3v) is 2.87. The van der Waals surface area contributed by atoms with Gasteiger partial charge in [-0.2, -0.15) is 0 Å². The number of aromatic nitrogens is 2. The van der Waals surface area contributed by atoms with E-state index in [1.165, 1.54) is 11.3 Å². The second-order valence-corrected chi connectivity index (χ2v) is 4.77. The van der Waals surface area contributed by atoms with E-state index in [0.717, 1.165) is 10.6 Å². The molecule has 0 unspecified atom stereocenters. The van der Waals surface area contributed by atoms with Crippen molar-refractivity contribution in [3.63, 3.8) is 0 Å². The maximum atomic E-state index is 11.7. The van der Waals surface area contributed by atoms with Crippen molar-refractivity contribution in [3.8, 4) is 0 Å². The van der Waals surface area contributed by atoms with Crippen LogP contribution in [0.4, 0.5) is 10.8 Å². The average Bonchev–Trinajstić information content (AvgIpc) is 2.67. The quantitative estimate of drug-likeness (QED) is 0.809. The van der Waals surface area contributed by atoms with Crippen LogP contribution in [0.1, 0.15) is 10.6 Å². The lowest BCUT2D eigenvalue weighted by molar-refractivity contribution is -0.115. The van der Waals surface area contributed by atoms with Crippen molar-refractivity contribution in [3.05, 3.63) is 34.8 Å². The summed E-state index contributed by atoms with van der Waals surface area (Å²) in [5, 5.41) is 11.7. The van der Waals surface area contributed by atoms with E-state index in [4.69, 9.17) is 5.73 Å². The molecule has 0 bridgehead atoms. The van der Waals surface area contributed by atoms with Gasteiger partial charge in [-0.25, -0.2) is 0 Å². The number of carbonyl (C=O) groups is 1. The van der Waals surface area contributed by atoms with Gasteiger partial charge in [-0.3, -0.25) is 4.79 Å². The van der Waals surface area contributed by atoms with Crippen molar-refractivity contribution in [1.29, 1.82) is 0 Å². The summed E-state index contributed by atoms with van der Waals surface area (Å²) in [5.41, 5.74) is 7.17. The molecule has 0 atom stereocenters. The minimum Gasteiger partial charge on any atom is -0.399 e. The molecule has 0 saturated carbocycles. The van der Waals surface area contributed by atoms with Crippen molar-refractivity contribution in [2.45, 2.75) is 13.3 Å². The fourth-order valence-electron chi connectivity index (χ4n) is 1.33. The Morgan fingerprint density at radius 1 is 1.35 bits per heavy atom. The molecule has 0 saturated heterocycles. The number of hydrogen-bond donors (Lipinski definition) is 2. The lowest BCUT2D eigenvalue weighted by Crippen LogP contribution is -2.14. The second kappa shape index (κ2) is 4.92. The minimum atomic E-state index is -0.106. The molecular weight excluding hydrogens is 236 g/mol. The molecule has 0 fully saturated rings. The summed E-state index contributed by atoms with van der Waals surface area (Å²) >= 11 is 1.35. The molecule has 1 aromatic carbocycles. The predicted octanol–water partition coefficient (Wildman–Crippen LogP) is 1.61. The van der Waals surface area contributed by atoms with E-state index < -0.39 is 0 Å². The van der Waals surface area contributed by atoms with E-state index in [2.05, 4.69) is 15.5 Å². The zero-order valence-corrected chi connectivity index (χ0v) is 10.1. The van der Waals surface area contributed by atoms with Gasteiger partial charge in [-0.05, 0) is 24.6 Å². The smallest absolute Gasteiger partial charge is 0.230 e. The number of anilines is 2. The molecule has 2 aromatic rings. The number of nitrogen functional groups attached to an aromatic ring is 1. The first-order valence-corrected chi connectivity index (χ1v) is 5.89. The Balaban J connectivity index is 1.95. The number of nitrogens with two attached hydrogens (primary N) is 1. The van der Waals surface area contributed by atoms with Crippen LogP contribution in [0.15, 0.2) is 24.3 Å². The van der Waals surface area contributed by atoms with E-state index in [-0.39, 0.29) is 5.91 Å². The van der Waals surface area contributed by atoms with Crippen molar-refractivity contribution >= 4 is 28.1 Å². The van der Waals surface area contributed by atoms with Crippen LogP contribution < -0.4 is 11.1 Å². The maximum Gasteiger partial charge on any atom is 0.230 e. The first-order valence-electron chi connectivity index (χ1n) is 5.08. The molecule has 1 aromatic heterocycles. The van der Waals surface area contributed by atoms with E-state index in [1.54, 1.807) is 12.1 Å². The summed E-state index contributed by atoms with van der Waals surface area (Å²) in [6.07, 6.45) is 0.304. The number of amides is 1. The van der Waals surface area contributed by atoms with Crippen LogP contribution in [-0.4, -0.2) is 16.1 Å². The van der Waals surface area contributed by atoms with Crippen molar-refractivity contribution in [2.24, 2.45) is 0 Å². The normalized spacial score (nSPS) is 10.2. The summed E-state index contributed by atoms with van der Waals surface area (Å²) in [6.45, 7) is 1.84. The molecule has 0 radical (unpaired) electrons. The highest BCUT2D eigenvalue weighted by Crippen LogP contribution is 2.14. The largest absolute Gasteiger partial charge is 0.399 e. The Morgan fingerprint density at radius 2 is 2.06 bits per heavy atom. The van der Waals surface area contributed by atoms with Crippen molar-refractivity contribution in [1.82, 2.24) is 10.2 Å². The number of carbonyl (C=O) groups excluding carboxylic acids is 1. The standard InChI is InChI=1S/C11H12N4OS/c1-7-14-15-11(17-7)13-10(16)6-8-2-4-9(12)5-3-8/h2-5H,6,12H2,1H3,(H,13,15,16). The number of aryl methyl sites for hydroxylation is 1. The third-order valence-electron chi connectivity index (χ3n) is 2.12. The van der Waals surface area contributed by atoms with Crippen LogP contribution >= 0.6 is 11.3 Å². The van der Waals surface area contributed by atoms with Crippen LogP contribution in [0, 0.1) is 6.92 Å². The van der Waals surface area contributed by atoms with Gasteiger partial charge in [0.2, 0.25) is 11.0 Å². The minimum absolute atomic E-state index is 0.106. The molecule has 88 valence electrons. The number of nitrogens with one attached hydrogen (secondary N) is 1. The molecule has 2 rings (SSSR count). The molecule has 1 amide bonds. The number of rotatable bonds is 3. The van der Waals surface area contributed by atoms with Crippen LogP contribution in [-0.2, 0) is 11.2 Å². The first-order chi connectivity index (χ1) is 8.13. The van der Waals surface area contributed by atoms with E-state index >= 15 is 0 Å². The molecule has 17 heavy (non-hydrogen) atoms. The zero-order valence-electron chi connectivity index (χ0n) is 9.30.